The molecule has 0 aliphatic heterocycles. The van der Waals surface area contributed by atoms with Crippen LogP contribution in [-0.2, 0) is 19.6 Å². The minimum absolute atomic E-state index is 0. The third kappa shape index (κ3) is 10.6. The minimum Gasteiger partial charge on any atom is -0.548 e. The Bertz CT molecular complexity index is 1030. The fourth-order valence-electron chi connectivity index (χ4n) is 3.31. The summed E-state index contributed by atoms with van der Waals surface area (Å²) in [6, 6.07) is 13.2. The van der Waals surface area contributed by atoms with Crippen molar-refractivity contribution in [1.82, 2.24) is 9.62 Å². The van der Waals surface area contributed by atoms with Gasteiger partial charge in [-0.1, -0.05) is 32.0 Å². The molecule has 2 rings (SSSR count). The molecule has 3 N–H and O–H groups in total. The Morgan fingerprint density at radius 2 is 1.69 bits per heavy atom. The molecule has 0 aliphatic rings. The first kappa shape index (κ1) is 31.6. The van der Waals surface area contributed by atoms with E-state index in [0.717, 1.165) is 4.31 Å². The van der Waals surface area contributed by atoms with Crippen LogP contribution in [0.4, 0.5) is 5.69 Å². The molecule has 0 fully saturated rings. The van der Waals surface area contributed by atoms with Gasteiger partial charge >= 0.3 is 51.4 Å². The molecular formula is C24H32KN3O6S. The van der Waals surface area contributed by atoms with Gasteiger partial charge in [0.25, 0.3) is 5.91 Å². The molecule has 0 spiro atoms. The van der Waals surface area contributed by atoms with E-state index in [1.807, 2.05) is 19.9 Å². The van der Waals surface area contributed by atoms with Crippen molar-refractivity contribution in [2.75, 3.05) is 25.4 Å². The third-order valence-corrected chi connectivity index (χ3v) is 6.88. The molecule has 1 atom stereocenters. The average Bonchev–Trinajstić information content (AvgIpc) is 2.79. The maximum atomic E-state index is 13.2. The summed E-state index contributed by atoms with van der Waals surface area (Å²) >= 11 is 0. The summed E-state index contributed by atoms with van der Waals surface area (Å²) in [5, 5.41) is 14.6. The Kier molecular flexibility index (Phi) is 14.1. The molecule has 0 radical (unpaired) electrons. The normalized spacial score (nSPS) is 12.1. The molecule has 35 heavy (non-hydrogen) atoms. The zero-order valence-electron chi connectivity index (χ0n) is 20.5. The van der Waals surface area contributed by atoms with E-state index in [-0.39, 0.29) is 87.7 Å². The second kappa shape index (κ2) is 15.6. The number of unbranched alkanes of at least 4 members (excludes halogenated alkanes) is 1. The van der Waals surface area contributed by atoms with Gasteiger partial charge in [-0.3, -0.25) is 4.79 Å². The van der Waals surface area contributed by atoms with Crippen LogP contribution in [0.2, 0.25) is 0 Å². The van der Waals surface area contributed by atoms with Gasteiger partial charge in [0, 0.05) is 18.8 Å². The average molecular weight is 530 g/mol. The molecule has 2 aromatic carbocycles. The molecule has 186 valence electrons. The van der Waals surface area contributed by atoms with Crippen molar-refractivity contribution < 1.29 is 79.2 Å². The summed E-state index contributed by atoms with van der Waals surface area (Å²) < 4.78 is 32.8. The monoisotopic (exact) mass is 529 g/mol. The molecule has 11 heteroatoms. The Morgan fingerprint density at radius 3 is 2.26 bits per heavy atom. The molecule has 0 aliphatic carbocycles. The van der Waals surface area contributed by atoms with Gasteiger partial charge in [-0.25, -0.2) is 8.42 Å². The Balaban J connectivity index is 0.00000612. The molecule has 0 saturated carbocycles. The van der Waals surface area contributed by atoms with E-state index in [0.29, 0.717) is 30.8 Å². The number of carboxylic acid groups (broad SMARTS) is 1. The van der Waals surface area contributed by atoms with E-state index in [2.05, 4.69) is 5.32 Å². The van der Waals surface area contributed by atoms with Crippen molar-refractivity contribution in [3.8, 4) is 5.75 Å². The number of nitrogen functional groups attached to an aromatic ring is 1. The number of hydrogen-bond acceptors (Lipinski definition) is 7. The van der Waals surface area contributed by atoms with Crippen molar-refractivity contribution in [3.05, 3.63) is 54.6 Å². The van der Waals surface area contributed by atoms with Crippen molar-refractivity contribution >= 4 is 27.6 Å². The number of para-hydroxylation sites is 1. The van der Waals surface area contributed by atoms with Gasteiger partial charge in [0.2, 0.25) is 10.0 Å². The molecule has 0 aromatic heterocycles. The second-order valence-corrected chi connectivity index (χ2v) is 10.2. The number of nitrogens with one attached hydrogen (secondary N) is 1. The van der Waals surface area contributed by atoms with E-state index in [1.54, 1.807) is 24.3 Å². The third-order valence-electron chi connectivity index (χ3n) is 4.99. The van der Waals surface area contributed by atoms with Gasteiger partial charge in [0.15, 0.2) is 6.61 Å². The van der Waals surface area contributed by atoms with Gasteiger partial charge in [-0.15, -0.1) is 0 Å². The van der Waals surface area contributed by atoms with Gasteiger partial charge in [-0.2, -0.15) is 4.31 Å². The van der Waals surface area contributed by atoms with Crippen molar-refractivity contribution in [2.24, 2.45) is 5.92 Å². The molecule has 0 heterocycles. The number of carbonyl (C=O) groups is 2. The minimum atomic E-state index is -4.08. The molecule has 0 unspecified atom stereocenters. The first-order valence-corrected chi connectivity index (χ1v) is 12.6. The number of benzene rings is 2. The van der Waals surface area contributed by atoms with Crippen molar-refractivity contribution in [1.29, 1.82) is 0 Å². The van der Waals surface area contributed by atoms with Crippen LogP contribution in [0, 0.1) is 5.92 Å². The first-order valence-electron chi connectivity index (χ1n) is 11.1. The largest absolute Gasteiger partial charge is 1.00 e. The molecule has 0 bridgehead atoms. The van der Waals surface area contributed by atoms with Crippen LogP contribution in [0.5, 0.6) is 5.75 Å². The van der Waals surface area contributed by atoms with E-state index in [4.69, 9.17) is 10.5 Å². The SMILES string of the molecule is CC(C)CN([C@@H](CCCCNC(=O)COc1ccccc1)C(=O)[O-])S(=O)(=O)c1ccc(N)cc1.[K+]. The molecule has 1 amide bonds. The number of sulfonamides is 1. The van der Waals surface area contributed by atoms with Gasteiger partial charge in [0.1, 0.15) is 5.75 Å². The zero-order valence-corrected chi connectivity index (χ0v) is 24.4. The number of ether oxygens (including phenoxy) is 1. The summed E-state index contributed by atoms with van der Waals surface area (Å²) in [6.45, 7) is 3.83. The van der Waals surface area contributed by atoms with Crippen LogP contribution in [0.3, 0.4) is 0 Å². The number of hydrogen-bond donors (Lipinski definition) is 2. The van der Waals surface area contributed by atoms with E-state index in [9.17, 15) is 23.1 Å². The summed E-state index contributed by atoms with van der Waals surface area (Å²) in [7, 11) is -4.08. The summed E-state index contributed by atoms with van der Waals surface area (Å²) in [4.78, 5) is 23.8. The second-order valence-electron chi connectivity index (χ2n) is 8.32. The number of carboxylic acids is 1. The number of anilines is 1. The molecular weight excluding hydrogens is 497 g/mol. The molecule has 2 aromatic rings. The predicted molar refractivity (Wildman–Crippen MR) is 127 cm³/mol. The fourth-order valence-corrected chi connectivity index (χ4v) is 5.09. The van der Waals surface area contributed by atoms with Crippen LogP contribution in [0.25, 0.3) is 0 Å². The Hall–Kier alpha value is -1.47. The Morgan fingerprint density at radius 1 is 1.06 bits per heavy atom. The van der Waals surface area contributed by atoms with Crippen LogP contribution in [-0.4, -0.2) is 50.3 Å². The molecule has 0 saturated heterocycles. The van der Waals surface area contributed by atoms with Crippen LogP contribution in [0.1, 0.15) is 33.1 Å². The van der Waals surface area contributed by atoms with Crippen molar-refractivity contribution in [3.63, 3.8) is 0 Å². The number of aliphatic carboxylic acids is 1. The number of carbonyl (C=O) groups excluding carboxylic acids is 2. The summed E-state index contributed by atoms with van der Waals surface area (Å²) in [6.07, 6.45) is 0.905. The number of rotatable bonds is 14. The van der Waals surface area contributed by atoms with Crippen LogP contribution >= 0.6 is 0 Å². The topological polar surface area (TPSA) is 142 Å². The Labute approximate surface area is 249 Å². The van der Waals surface area contributed by atoms with Crippen LogP contribution < -0.4 is 72.3 Å². The van der Waals surface area contributed by atoms with Gasteiger partial charge in [-0.05, 0) is 61.6 Å². The maximum absolute atomic E-state index is 13.2. The maximum Gasteiger partial charge on any atom is 1.00 e. The zero-order chi connectivity index (χ0) is 25.1. The van der Waals surface area contributed by atoms with Crippen molar-refractivity contribution in [2.45, 2.75) is 44.0 Å². The van der Waals surface area contributed by atoms with E-state index in [1.165, 1.54) is 24.3 Å². The van der Waals surface area contributed by atoms with Gasteiger partial charge < -0.3 is 25.7 Å². The fraction of sp³-hybridized carbons (Fsp3) is 0.417. The smallest absolute Gasteiger partial charge is 0.548 e. The summed E-state index contributed by atoms with van der Waals surface area (Å²) in [5.41, 5.74) is 6.05. The predicted octanol–water partition coefficient (Wildman–Crippen LogP) is -1.60. The van der Waals surface area contributed by atoms with Gasteiger partial charge in [0.05, 0.1) is 16.9 Å². The number of amides is 1. The summed E-state index contributed by atoms with van der Waals surface area (Å²) in [5.74, 6) is -1.27. The van der Waals surface area contributed by atoms with E-state index >= 15 is 0 Å². The van der Waals surface area contributed by atoms with Crippen LogP contribution in [0.15, 0.2) is 59.5 Å². The first-order chi connectivity index (χ1) is 16.1. The molecule has 9 nitrogen and oxygen atoms in total. The number of nitrogens with two attached hydrogens (primary N) is 1. The quantitative estimate of drug-likeness (QED) is 0.171. The number of nitrogens with zero attached hydrogens (tertiary/aromatic N) is 1. The van der Waals surface area contributed by atoms with E-state index < -0.39 is 22.0 Å². The standard InChI is InChI=1S/C24H33N3O6S.K/c1-18(2)16-27(34(31,32)21-13-11-19(25)12-14-21)22(24(29)30)10-6-7-15-26-23(28)17-33-20-8-4-3-5-9-20;/h3-5,8-9,11-14,18,22H,6-7,10,15-17,25H2,1-2H3,(H,26,28)(H,29,30);/q;+1/p-1/t22-;/m0./s1.